The molecule has 0 aromatic carbocycles. The van der Waals surface area contributed by atoms with E-state index in [1.54, 1.807) is 0 Å². The molecule has 0 bridgehead atoms. The van der Waals surface area contributed by atoms with E-state index in [1.807, 2.05) is 0 Å². The van der Waals surface area contributed by atoms with Crippen LogP contribution >= 0.6 is 12.2 Å². The van der Waals surface area contributed by atoms with Gasteiger partial charge in [0.05, 0.1) is 6.42 Å². The van der Waals surface area contributed by atoms with Crippen LogP contribution in [0, 0.1) is 0 Å². The van der Waals surface area contributed by atoms with Gasteiger partial charge in [-0.3, -0.25) is 0 Å². The minimum absolute atomic E-state index is 0. The molecule has 1 unspecified atom stereocenters. The van der Waals surface area contributed by atoms with Gasteiger partial charge in [0.1, 0.15) is 0 Å². The molecule has 0 aliphatic heterocycles. The van der Waals surface area contributed by atoms with E-state index in [9.17, 15) is 4.79 Å². The number of hydrogen-bond acceptors (Lipinski definition) is 3. The van der Waals surface area contributed by atoms with E-state index >= 15 is 0 Å². The number of thiocarbonyl (C=S) groups is 1. The van der Waals surface area contributed by atoms with E-state index in [0.717, 1.165) is 0 Å². The number of aliphatic hydroxyl groups excluding tert-OH is 2. The van der Waals surface area contributed by atoms with Crippen molar-refractivity contribution < 1.29 is 64.9 Å². The SMILES string of the molecule is O=C(O)C(O)CC(O)=S.[Au].[Au]. The van der Waals surface area contributed by atoms with Crippen molar-refractivity contribution in [3.05, 3.63) is 0 Å². The normalized spacial score (nSPS) is 10.3. The Labute approximate surface area is 100 Å². The molecular formula is C4H6Au2O4S. The molecule has 0 saturated heterocycles. The smallest absolute Gasteiger partial charge is 0.333 e. The largest absolute Gasteiger partial charge is 0.502 e. The maximum Gasteiger partial charge on any atom is 0.333 e. The standard InChI is InChI=1S/C4H6O4S.2Au/c5-2(4(7)8)1-3(6)9;;/h2,5H,1H2,(H,6,9)(H,7,8);;. The second-order valence-corrected chi connectivity index (χ2v) is 1.92. The third-order valence-electron chi connectivity index (χ3n) is 0.653. The average Bonchev–Trinajstić information content (AvgIpc) is 1.63. The van der Waals surface area contributed by atoms with Crippen LogP contribution in [0.5, 0.6) is 0 Å². The van der Waals surface area contributed by atoms with Gasteiger partial charge in [-0.05, 0) is 12.2 Å². The first-order valence-electron chi connectivity index (χ1n) is 2.16. The quantitative estimate of drug-likeness (QED) is 0.337. The van der Waals surface area contributed by atoms with Gasteiger partial charge in [0.15, 0.2) is 11.2 Å². The molecule has 0 aromatic rings. The van der Waals surface area contributed by atoms with Gasteiger partial charge in [0.2, 0.25) is 0 Å². The summed E-state index contributed by atoms with van der Waals surface area (Å²) in [5.41, 5.74) is 0. The second kappa shape index (κ2) is 8.89. The van der Waals surface area contributed by atoms with Crippen LogP contribution in [-0.2, 0) is 49.6 Å². The summed E-state index contributed by atoms with van der Waals surface area (Å²) >= 11 is 4.12. The molecule has 0 heterocycles. The summed E-state index contributed by atoms with van der Waals surface area (Å²) in [6, 6.07) is 0. The van der Waals surface area contributed by atoms with Gasteiger partial charge >= 0.3 is 5.97 Å². The van der Waals surface area contributed by atoms with E-state index in [2.05, 4.69) is 12.2 Å². The van der Waals surface area contributed by atoms with Crippen molar-refractivity contribution in [3.8, 4) is 0 Å². The van der Waals surface area contributed by atoms with Gasteiger partial charge in [-0.15, -0.1) is 0 Å². The monoisotopic (exact) mass is 544 g/mol. The Morgan fingerprint density at radius 3 is 1.82 bits per heavy atom. The van der Waals surface area contributed by atoms with Gasteiger partial charge in [-0.2, -0.15) is 0 Å². The fourth-order valence-corrected chi connectivity index (χ4v) is 0.411. The van der Waals surface area contributed by atoms with Crippen molar-refractivity contribution in [3.63, 3.8) is 0 Å². The van der Waals surface area contributed by atoms with E-state index in [0.29, 0.717) is 0 Å². The molecule has 0 saturated carbocycles. The molecule has 1 atom stereocenters. The maximum atomic E-state index is 9.81. The summed E-state index contributed by atoms with van der Waals surface area (Å²) in [6.45, 7) is 0. The third kappa shape index (κ3) is 10.8. The summed E-state index contributed by atoms with van der Waals surface area (Å²) in [5.74, 6) is -1.38. The molecule has 7 heteroatoms. The van der Waals surface area contributed by atoms with E-state index in [1.165, 1.54) is 0 Å². The Hall–Kier alpha value is 0.801. The van der Waals surface area contributed by atoms with Gasteiger partial charge in [-0.1, -0.05) is 0 Å². The predicted molar refractivity (Wildman–Crippen MR) is 33.5 cm³/mol. The molecule has 2 radical (unpaired) electrons. The number of carboxylic acid groups (broad SMARTS) is 1. The third-order valence-corrected chi connectivity index (χ3v) is 0.820. The fraction of sp³-hybridized carbons (Fsp3) is 0.500. The van der Waals surface area contributed by atoms with Crippen LogP contribution < -0.4 is 0 Å². The van der Waals surface area contributed by atoms with Crippen LogP contribution in [-0.4, -0.2) is 32.4 Å². The molecule has 0 rings (SSSR count). The number of rotatable bonds is 3. The molecule has 0 spiro atoms. The fourth-order valence-electron chi connectivity index (χ4n) is 0.253. The van der Waals surface area contributed by atoms with Crippen LogP contribution in [0.15, 0.2) is 0 Å². The number of carboxylic acids is 1. The average molecular weight is 544 g/mol. The number of aliphatic carboxylic acids is 1. The summed E-state index contributed by atoms with van der Waals surface area (Å²) in [4.78, 5) is 9.81. The second-order valence-electron chi connectivity index (χ2n) is 1.45. The summed E-state index contributed by atoms with van der Waals surface area (Å²) in [7, 11) is 0. The van der Waals surface area contributed by atoms with Gasteiger partial charge in [0, 0.05) is 44.8 Å². The first-order valence-corrected chi connectivity index (χ1v) is 2.57. The number of carbonyl (C=O) groups is 1. The molecule has 3 N–H and O–H groups in total. The van der Waals surface area contributed by atoms with E-state index in [-0.39, 0.29) is 51.2 Å². The van der Waals surface area contributed by atoms with Crippen molar-refractivity contribution in [1.29, 1.82) is 0 Å². The van der Waals surface area contributed by atoms with Crippen LogP contribution in [0.1, 0.15) is 6.42 Å². The zero-order chi connectivity index (χ0) is 7.44. The summed E-state index contributed by atoms with van der Waals surface area (Å²) < 4.78 is 0. The minimum Gasteiger partial charge on any atom is -0.502 e. The van der Waals surface area contributed by atoms with Crippen LogP contribution in [0.2, 0.25) is 0 Å². The first kappa shape index (κ1) is 17.8. The van der Waals surface area contributed by atoms with Crippen molar-refractivity contribution in [2.75, 3.05) is 0 Å². The summed E-state index contributed by atoms with van der Waals surface area (Å²) in [5, 5.41) is 24.2. The molecule has 0 amide bonds. The van der Waals surface area contributed by atoms with E-state index in [4.69, 9.17) is 15.3 Å². The van der Waals surface area contributed by atoms with Gasteiger partial charge < -0.3 is 15.3 Å². The first-order chi connectivity index (χ1) is 4.04. The molecule has 0 aromatic heterocycles. The van der Waals surface area contributed by atoms with Crippen LogP contribution in [0.25, 0.3) is 0 Å². The Morgan fingerprint density at radius 2 is 1.73 bits per heavy atom. The summed E-state index contributed by atoms with van der Waals surface area (Å²) in [6.07, 6.45) is -1.97. The Bertz CT molecular complexity index is 140. The Morgan fingerprint density at radius 1 is 1.36 bits per heavy atom. The molecular weight excluding hydrogens is 538 g/mol. The molecule has 0 aliphatic rings. The maximum absolute atomic E-state index is 9.81. The Kier molecular flexibility index (Phi) is 14.4. The van der Waals surface area contributed by atoms with Crippen molar-refractivity contribution in [2.45, 2.75) is 12.5 Å². The molecule has 4 nitrogen and oxygen atoms in total. The van der Waals surface area contributed by atoms with Crippen molar-refractivity contribution in [1.82, 2.24) is 0 Å². The zero-order valence-electron chi connectivity index (χ0n) is 5.05. The predicted octanol–water partition coefficient (Wildman–Crippen LogP) is -0.298. The van der Waals surface area contributed by atoms with Crippen LogP contribution in [0.4, 0.5) is 0 Å². The van der Waals surface area contributed by atoms with Gasteiger partial charge in [-0.25, -0.2) is 4.79 Å². The minimum atomic E-state index is -1.58. The molecule has 11 heavy (non-hydrogen) atoms. The van der Waals surface area contributed by atoms with Gasteiger partial charge in [0.25, 0.3) is 0 Å². The molecule has 0 fully saturated rings. The number of aliphatic hydroxyl groups is 2. The van der Waals surface area contributed by atoms with Crippen LogP contribution in [0.3, 0.4) is 0 Å². The zero-order valence-corrected chi connectivity index (χ0v) is 10.2. The molecule has 0 aliphatic carbocycles. The Balaban J connectivity index is -0.000000320. The van der Waals surface area contributed by atoms with E-state index < -0.39 is 17.1 Å². The number of hydrogen-bond donors (Lipinski definition) is 3. The van der Waals surface area contributed by atoms with Crippen molar-refractivity contribution >= 4 is 23.2 Å². The molecule has 74 valence electrons. The topological polar surface area (TPSA) is 77.8 Å². The van der Waals surface area contributed by atoms with Crippen molar-refractivity contribution in [2.24, 2.45) is 0 Å².